The molecule has 0 bridgehead atoms. The van der Waals surface area contributed by atoms with Gasteiger partial charge in [-0.15, -0.1) is 0 Å². The highest BCUT2D eigenvalue weighted by Gasteiger charge is 2.58. The molecular weight excluding hydrogens is 751 g/mol. The molecule has 3 N–H and O–H groups in total. The van der Waals surface area contributed by atoms with Gasteiger partial charge in [0.2, 0.25) is 5.79 Å². The van der Waals surface area contributed by atoms with Crippen LogP contribution >= 0.6 is 0 Å². The maximum absolute atomic E-state index is 13.7. The Bertz CT molecular complexity index is 1520. The zero-order valence-electron chi connectivity index (χ0n) is 40.2. The van der Waals surface area contributed by atoms with Gasteiger partial charge in [-0.05, 0) is 126 Å². The summed E-state index contributed by atoms with van der Waals surface area (Å²) in [6.45, 7) is 27.3. The van der Waals surface area contributed by atoms with Crippen molar-refractivity contribution in [3.8, 4) is 0 Å². The molecule has 1 saturated heterocycles. The molecule has 60 heavy (non-hydrogen) atoms. The number of allylic oxidation sites excluding steroid dienone is 2. The molecule has 8 heteroatoms. The Morgan fingerprint density at radius 3 is 2.07 bits per heavy atom. The number of nitrogens with one attached hydrogen (secondary N) is 1. The van der Waals surface area contributed by atoms with Crippen LogP contribution in [0, 0.1) is 54.8 Å². The summed E-state index contributed by atoms with van der Waals surface area (Å²) in [4.78, 5) is 25.0. The number of aliphatic hydroxyl groups is 1. The highest BCUT2D eigenvalue weighted by Crippen LogP contribution is 2.50. The predicted octanol–water partition coefficient (Wildman–Crippen LogP) is 13.2. The number of carbonyl (C=O) groups excluding carboxylic acids is 1. The first-order valence-electron chi connectivity index (χ1n) is 23.9. The molecule has 1 aromatic rings. The Morgan fingerprint density at radius 2 is 1.52 bits per heavy atom. The fraction of sp³-hybridized carbons (Fsp3) is 0.750. The molecule has 342 valence electrons. The Kier molecular flexibility index (Phi) is 22.5. The van der Waals surface area contributed by atoms with E-state index in [2.05, 4.69) is 106 Å². The third kappa shape index (κ3) is 14.6. The van der Waals surface area contributed by atoms with E-state index in [0.717, 1.165) is 82.8 Å². The average Bonchev–Trinajstić information content (AvgIpc) is 3.58. The zero-order chi connectivity index (χ0) is 45.3. The molecule has 1 aromatic carbocycles. The van der Waals surface area contributed by atoms with Gasteiger partial charge in [0.25, 0.3) is 0 Å². The minimum atomic E-state index is -1.07. The first kappa shape index (κ1) is 53.3. The molecule has 0 saturated carbocycles. The molecule has 3 heterocycles. The van der Waals surface area contributed by atoms with Crippen LogP contribution in [0.4, 0.5) is 0 Å². The lowest BCUT2D eigenvalue weighted by atomic mass is 9.75. The van der Waals surface area contributed by atoms with Gasteiger partial charge in [-0.25, -0.2) is 0 Å². The number of ketones is 1. The summed E-state index contributed by atoms with van der Waals surface area (Å²) in [5, 5.41) is 28.5. The largest absolute Gasteiger partial charge is 0.492 e. The topological polar surface area (TPSA) is 126 Å². The summed E-state index contributed by atoms with van der Waals surface area (Å²) >= 11 is 0. The Morgan fingerprint density at radius 1 is 0.883 bits per heavy atom. The van der Waals surface area contributed by atoms with E-state index in [1.165, 1.54) is 11.1 Å². The molecule has 10 unspecified atom stereocenters. The van der Waals surface area contributed by atoms with Gasteiger partial charge in [0.05, 0.1) is 29.1 Å². The maximum Gasteiger partial charge on any atom is 0.309 e. The highest BCUT2D eigenvalue weighted by molar-refractivity contribution is 5.99. The van der Waals surface area contributed by atoms with Crippen molar-refractivity contribution in [1.29, 1.82) is 5.41 Å². The lowest BCUT2D eigenvalue weighted by Crippen LogP contribution is -2.56. The zero-order valence-corrected chi connectivity index (χ0v) is 40.2. The maximum atomic E-state index is 13.7. The molecule has 11 atom stereocenters. The van der Waals surface area contributed by atoms with Gasteiger partial charge in [-0.3, -0.25) is 15.0 Å². The van der Waals surface area contributed by atoms with Crippen LogP contribution in [0.2, 0.25) is 0 Å². The van der Waals surface area contributed by atoms with Crippen LogP contribution in [0.25, 0.3) is 0 Å². The van der Waals surface area contributed by atoms with Gasteiger partial charge in [0.15, 0.2) is 0 Å². The third-order valence-corrected chi connectivity index (χ3v) is 13.8. The number of carbonyl (C=O) groups is 2. The van der Waals surface area contributed by atoms with Crippen LogP contribution in [0.15, 0.2) is 48.3 Å². The van der Waals surface area contributed by atoms with Crippen molar-refractivity contribution in [1.82, 2.24) is 0 Å². The lowest BCUT2D eigenvalue weighted by molar-refractivity contribution is -0.275. The number of aliphatic carboxylic acids is 1. The van der Waals surface area contributed by atoms with Crippen molar-refractivity contribution in [3.05, 3.63) is 59.4 Å². The molecular formula is C52H87NO7. The van der Waals surface area contributed by atoms with Gasteiger partial charge in [-0.2, -0.15) is 0 Å². The highest BCUT2D eigenvalue weighted by atomic mass is 16.7. The lowest BCUT2D eigenvalue weighted by Gasteiger charge is -2.48. The molecule has 4 rings (SSSR count). The molecule has 0 radical (unpaired) electrons. The van der Waals surface area contributed by atoms with Gasteiger partial charge < -0.3 is 24.4 Å². The molecule has 0 amide bonds. The number of ether oxygens (including phenoxy) is 3. The number of carboxylic acids is 1. The van der Waals surface area contributed by atoms with E-state index in [4.69, 9.17) is 19.6 Å². The van der Waals surface area contributed by atoms with Gasteiger partial charge in [0, 0.05) is 24.7 Å². The summed E-state index contributed by atoms with van der Waals surface area (Å²) in [6, 6.07) is 8.36. The first-order chi connectivity index (χ1) is 28.4. The molecule has 0 aliphatic carbocycles. The van der Waals surface area contributed by atoms with Gasteiger partial charge in [-0.1, -0.05) is 119 Å². The van der Waals surface area contributed by atoms with E-state index in [1.807, 2.05) is 19.9 Å². The van der Waals surface area contributed by atoms with Crippen LogP contribution in [-0.2, 0) is 23.8 Å². The molecule has 3 aliphatic rings. The number of hydrogen-bond donors (Lipinski definition) is 3. The van der Waals surface area contributed by atoms with Crippen LogP contribution in [-0.4, -0.2) is 56.9 Å². The fourth-order valence-corrected chi connectivity index (χ4v) is 9.70. The Balaban J connectivity index is 0.00000109. The minimum Gasteiger partial charge on any atom is -0.492 e. The number of hydrogen-bond acceptors (Lipinski definition) is 7. The van der Waals surface area contributed by atoms with E-state index in [9.17, 15) is 19.8 Å². The number of benzene rings is 1. The second-order valence-electron chi connectivity index (χ2n) is 18.5. The van der Waals surface area contributed by atoms with Crippen molar-refractivity contribution in [2.75, 3.05) is 0 Å². The second kappa shape index (κ2) is 25.3. The van der Waals surface area contributed by atoms with E-state index >= 15 is 0 Å². The van der Waals surface area contributed by atoms with Crippen molar-refractivity contribution < 1.29 is 34.0 Å². The number of Topliss-reactive ketones (excluding diaryl/α,β-unsaturated/α-hetero) is 1. The van der Waals surface area contributed by atoms with Gasteiger partial charge in [0.1, 0.15) is 17.5 Å². The third-order valence-electron chi connectivity index (χ3n) is 13.8. The van der Waals surface area contributed by atoms with Crippen LogP contribution in [0.5, 0.6) is 0 Å². The SMILES string of the molecule is CC.CCC1=CCCC([C@]2(C)CCC3(OC(CC)(C(C)CC(C)CC(CC)C(=O)C(C)CC(C)CCCCC(O)C(CC)C(=O)O)C=CC3=N)O2)O1.Cc1ccccc1C. The average molecular weight is 838 g/mol. The summed E-state index contributed by atoms with van der Waals surface area (Å²) in [7, 11) is 0. The van der Waals surface area contributed by atoms with Crippen molar-refractivity contribution in [2.24, 2.45) is 35.5 Å². The molecule has 1 spiro atoms. The normalized spacial score (nSPS) is 27.1. The number of aliphatic hydroxyl groups excluding tert-OH is 1. The van der Waals surface area contributed by atoms with E-state index < -0.39 is 35.0 Å². The van der Waals surface area contributed by atoms with E-state index in [0.29, 0.717) is 42.6 Å². The van der Waals surface area contributed by atoms with Crippen LogP contribution in [0.1, 0.15) is 184 Å². The molecule has 1 fully saturated rings. The summed E-state index contributed by atoms with van der Waals surface area (Å²) in [5.41, 5.74) is 2.04. The number of aryl methyl sites for hydroxylation is 2. The Labute approximate surface area is 366 Å². The summed E-state index contributed by atoms with van der Waals surface area (Å²) in [6.07, 6.45) is 17.4. The molecule has 0 aromatic heterocycles. The standard InChI is InChI=1S/C42H71NO7.C8H10.C2H6/c1-10-32(38(45)30(7)25-28(5)17-14-15-19-35(44)34(12-3)39(46)47)27-29(6)26-31(8)41(13-4)22-21-36(43)42(50-41)24-23-40(9,49-42)37-20-16-18-33(11-2)48-37;1-7-5-3-4-6-8(7)2;1-2/h18,21-22,28-32,34-35,37,43-44H,10-17,19-20,23-27H2,1-9H3,(H,46,47);3-6H,1-2H3;1-2H3/t28?,29?,30?,31?,32?,34?,35?,37?,40-,41?,42?;;/m0../s1. The first-order valence-corrected chi connectivity index (χ1v) is 23.9. The summed E-state index contributed by atoms with van der Waals surface area (Å²) in [5.74, 6) is -0.404. The van der Waals surface area contributed by atoms with Gasteiger partial charge >= 0.3 is 5.97 Å². The number of rotatable bonds is 21. The molecule has 8 nitrogen and oxygen atoms in total. The summed E-state index contributed by atoms with van der Waals surface area (Å²) < 4.78 is 20.2. The quantitative estimate of drug-likeness (QED) is 0.105. The van der Waals surface area contributed by atoms with Crippen LogP contribution in [0.3, 0.4) is 0 Å². The van der Waals surface area contributed by atoms with Crippen molar-refractivity contribution in [2.45, 2.75) is 216 Å². The van der Waals surface area contributed by atoms with E-state index in [-0.39, 0.29) is 23.9 Å². The predicted molar refractivity (Wildman–Crippen MR) is 247 cm³/mol. The second-order valence-corrected chi connectivity index (χ2v) is 18.5. The van der Waals surface area contributed by atoms with Crippen molar-refractivity contribution >= 4 is 17.5 Å². The number of unbranched alkanes of at least 4 members (excludes halogenated alkanes) is 1. The smallest absolute Gasteiger partial charge is 0.309 e. The number of carboxylic acid groups (broad SMARTS) is 1. The molecule has 3 aliphatic heterocycles. The monoisotopic (exact) mass is 838 g/mol. The van der Waals surface area contributed by atoms with Crippen LogP contribution < -0.4 is 0 Å². The Hall–Kier alpha value is -2.81. The fourth-order valence-electron chi connectivity index (χ4n) is 9.70. The van der Waals surface area contributed by atoms with E-state index in [1.54, 1.807) is 6.92 Å². The van der Waals surface area contributed by atoms with Crippen molar-refractivity contribution in [3.63, 3.8) is 0 Å². The minimum absolute atomic E-state index is 0.00928.